The first kappa shape index (κ1) is 18.6. The molecule has 2 aromatic carbocycles. The van der Waals surface area contributed by atoms with Crippen molar-refractivity contribution in [3.8, 4) is 11.5 Å². The Hall–Kier alpha value is -3.46. The number of ether oxygens (including phenoxy) is 2. The van der Waals surface area contributed by atoms with Crippen LogP contribution in [0.5, 0.6) is 11.5 Å². The van der Waals surface area contributed by atoms with E-state index in [1.807, 2.05) is 42.6 Å². The lowest BCUT2D eigenvalue weighted by Crippen LogP contribution is -2.24. The summed E-state index contributed by atoms with van der Waals surface area (Å²) < 4.78 is 16.3. The van der Waals surface area contributed by atoms with Gasteiger partial charge in [-0.3, -0.25) is 4.79 Å². The number of rotatable bonds is 7. The zero-order valence-corrected chi connectivity index (χ0v) is 16.7. The van der Waals surface area contributed by atoms with Crippen LogP contribution in [0.1, 0.15) is 17.0 Å². The third-order valence-electron chi connectivity index (χ3n) is 4.72. The minimum Gasteiger partial charge on any atom is -0.454 e. The summed E-state index contributed by atoms with van der Waals surface area (Å²) in [6.45, 7) is 0.639. The molecule has 0 spiro atoms. The minimum absolute atomic E-state index is 0.117. The summed E-state index contributed by atoms with van der Waals surface area (Å²) in [4.78, 5) is 15.4. The van der Waals surface area contributed by atoms with Crippen LogP contribution in [-0.4, -0.2) is 33.6 Å². The maximum atomic E-state index is 12.2. The number of hydrogen-bond donors (Lipinski definition) is 2. The van der Waals surface area contributed by atoms with E-state index in [2.05, 4.69) is 26.6 Å². The summed E-state index contributed by atoms with van der Waals surface area (Å²) in [7, 11) is 0. The number of fused-ring (bicyclic) bond motifs is 2. The standard InChI is InChI=1S/C21H18N4O4S/c26-19(23-9-13-5-6-17-18(7-13)28-12-27-17)11-30-21-25-24-20(29-21)8-14-10-22-16-4-2-1-3-15(14)16/h1-7,10,22H,8-9,11-12H2,(H,23,26). The molecule has 0 saturated carbocycles. The Kier molecular flexibility index (Phi) is 5.02. The van der Waals surface area contributed by atoms with Crippen LogP contribution >= 0.6 is 11.8 Å². The van der Waals surface area contributed by atoms with Gasteiger partial charge in [0.2, 0.25) is 18.6 Å². The molecular weight excluding hydrogens is 404 g/mol. The van der Waals surface area contributed by atoms with Gasteiger partial charge in [0.25, 0.3) is 5.22 Å². The molecule has 5 rings (SSSR count). The molecule has 0 saturated heterocycles. The fraction of sp³-hybridized carbons (Fsp3) is 0.190. The van der Waals surface area contributed by atoms with Crippen LogP contribution in [0.2, 0.25) is 0 Å². The zero-order chi connectivity index (χ0) is 20.3. The van der Waals surface area contributed by atoms with E-state index in [1.165, 1.54) is 11.8 Å². The second-order valence-corrected chi connectivity index (χ2v) is 7.68. The lowest BCUT2D eigenvalue weighted by atomic mass is 10.1. The van der Waals surface area contributed by atoms with Crippen molar-refractivity contribution in [2.75, 3.05) is 12.5 Å². The number of amides is 1. The quantitative estimate of drug-likeness (QED) is 0.441. The number of carbonyl (C=O) groups excluding carboxylic acids is 1. The van der Waals surface area contributed by atoms with Gasteiger partial charge >= 0.3 is 0 Å². The SMILES string of the molecule is O=C(CSc1nnc(Cc2c[nH]c3ccccc23)o1)NCc1ccc2c(c1)OCO2. The van der Waals surface area contributed by atoms with Gasteiger partial charge in [-0.15, -0.1) is 10.2 Å². The number of nitrogens with zero attached hydrogens (tertiary/aromatic N) is 2. The Bertz CT molecular complexity index is 1200. The minimum atomic E-state index is -0.117. The van der Waals surface area contributed by atoms with Crippen LogP contribution in [0, 0.1) is 0 Å². The first-order valence-corrected chi connectivity index (χ1v) is 10.4. The van der Waals surface area contributed by atoms with Gasteiger partial charge in [0.1, 0.15) is 0 Å². The number of para-hydroxylation sites is 1. The Labute approximate surface area is 176 Å². The highest BCUT2D eigenvalue weighted by molar-refractivity contribution is 7.99. The predicted octanol–water partition coefficient (Wildman–Crippen LogP) is 3.28. The van der Waals surface area contributed by atoms with Crippen molar-refractivity contribution in [3.05, 3.63) is 65.7 Å². The van der Waals surface area contributed by atoms with Gasteiger partial charge in [-0.2, -0.15) is 0 Å². The van der Waals surface area contributed by atoms with Gasteiger partial charge in [0.05, 0.1) is 12.2 Å². The highest BCUT2D eigenvalue weighted by atomic mass is 32.2. The van der Waals surface area contributed by atoms with Crippen molar-refractivity contribution in [3.63, 3.8) is 0 Å². The fourth-order valence-electron chi connectivity index (χ4n) is 3.24. The molecule has 4 aromatic rings. The van der Waals surface area contributed by atoms with Crippen molar-refractivity contribution >= 4 is 28.6 Å². The first-order chi connectivity index (χ1) is 14.7. The number of hydrogen-bond acceptors (Lipinski definition) is 7. The summed E-state index contributed by atoms with van der Waals surface area (Å²) >= 11 is 1.22. The van der Waals surface area contributed by atoms with Gasteiger partial charge in [0.15, 0.2) is 11.5 Å². The monoisotopic (exact) mass is 422 g/mol. The van der Waals surface area contributed by atoms with Gasteiger partial charge in [-0.25, -0.2) is 0 Å². The molecular formula is C21H18N4O4S. The molecule has 152 valence electrons. The van der Waals surface area contributed by atoms with E-state index >= 15 is 0 Å². The maximum absolute atomic E-state index is 12.2. The number of benzene rings is 2. The Balaban J connectivity index is 1.12. The van der Waals surface area contributed by atoms with Crippen molar-refractivity contribution < 1.29 is 18.7 Å². The molecule has 1 aliphatic heterocycles. The van der Waals surface area contributed by atoms with E-state index in [4.69, 9.17) is 13.9 Å². The van der Waals surface area contributed by atoms with Crippen LogP contribution in [-0.2, 0) is 17.8 Å². The van der Waals surface area contributed by atoms with Gasteiger partial charge in [-0.05, 0) is 29.3 Å². The van der Waals surface area contributed by atoms with Crippen LogP contribution in [0.15, 0.2) is 58.3 Å². The Morgan fingerprint density at radius 2 is 2.03 bits per heavy atom. The van der Waals surface area contributed by atoms with Crippen LogP contribution in [0.25, 0.3) is 10.9 Å². The van der Waals surface area contributed by atoms with E-state index in [0.29, 0.717) is 29.8 Å². The molecule has 30 heavy (non-hydrogen) atoms. The van der Waals surface area contributed by atoms with E-state index in [9.17, 15) is 4.79 Å². The lowest BCUT2D eigenvalue weighted by molar-refractivity contribution is -0.118. The molecule has 0 aliphatic carbocycles. The summed E-state index contributed by atoms with van der Waals surface area (Å²) in [5, 5.41) is 12.5. The molecule has 9 heteroatoms. The molecule has 2 aromatic heterocycles. The number of nitrogens with one attached hydrogen (secondary N) is 2. The van der Waals surface area contributed by atoms with Crippen molar-refractivity contribution in [2.45, 2.75) is 18.2 Å². The zero-order valence-electron chi connectivity index (χ0n) is 15.9. The average molecular weight is 422 g/mol. The molecule has 0 fully saturated rings. The number of thioether (sulfide) groups is 1. The van der Waals surface area contributed by atoms with E-state index < -0.39 is 0 Å². The number of aromatic amines is 1. The Morgan fingerprint density at radius 1 is 1.13 bits per heavy atom. The lowest BCUT2D eigenvalue weighted by Gasteiger charge is -2.05. The number of aromatic nitrogens is 3. The molecule has 2 N–H and O–H groups in total. The molecule has 3 heterocycles. The van der Waals surface area contributed by atoms with Crippen molar-refractivity contribution in [2.24, 2.45) is 0 Å². The topological polar surface area (TPSA) is 102 Å². The third kappa shape index (κ3) is 3.97. The molecule has 0 unspecified atom stereocenters. The summed E-state index contributed by atoms with van der Waals surface area (Å²) in [5.41, 5.74) is 3.10. The van der Waals surface area contributed by atoms with Gasteiger partial charge in [0, 0.05) is 23.6 Å². The second-order valence-electron chi connectivity index (χ2n) is 6.75. The maximum Gasteiger partial charge on any atom is 0.277 e. The molecule has 0 bridgehead atoms. The van der Waals surface area contributed by atoms with Crippen LogP contribution in [0.4, 0.5) is 0 Å². The highest BCUT2D eigenvalue weighted by Gasteiger charge is 2.14. The summed E-state index contributed by atoms with van der Waals surface area (Å²) in [6, 6.07) is 13.7. The van der Waals surface area contributed by atoms with Crippen LogP contribution < -0.4 is 14.8 Å². The molecule has 0 atom stereocenters. The van der Waals surface area contributed by atoms with Crippen molar-refractivity contribution in [1.29, 1.82) is 0 Å². The molecule has 0 radical (unpaired) electrons. The van der Waals surface area contributed by atoms with E-state index in [1.54, 1.807) is 0 Å². The largest absolute Gasteiger partial charge is 0.454 e. The molecule has 1 aliphatic rings. The Morgan fingerprint density at radius 3 is 3.00 bits per heavy atom. The molecule has 8 nitrogen and oxygen atoms in total. The highest BCUT2D eigenvalue weighted by Crippen LogP contribution is 2.32. The first-order valence-electron chi connectivity index (χ1n) is 9.40. The van der Waals surface area contributed by atoms with Crippen LogP contribution in [0.3, 0.4) is 0 Å². The third-order valence-corrected chi connectivity index (χ3v) is 5.54. The van der Waals surface area contributed by atoms with Crippen molar-refractivity contribution in [1.82, 2.24) is 20.5 Å². The van der Waals surface area contributed by atoms with Gasteiger partial charge < -0.3 is 24.2 Å². The number of H-pyrrole nitrogens is 1. The van der Waals surface area contributed by atoms with E-state index in [-0.39, 0.29) is 18.5 Å². The average Bonchev–Trinajstić information content (AvgIpc) is 3.51. The normalized spacial score (nSPS) is 12.4. The van der Waals surface area contributed by atoms with Gasteiger partial charge in [-0.1, -0.05) is 36.0 Å². The number of carbonyl (C=O) groups is 1. The molecule has 1 amide bonds. The predicted molar refractivity (Wildman–Crippen MR) is 111 cm³/mol. The summed E-state index contributed by atoms with van der Waals surface area (Å²) in [5.74, 6) is 2.02. The second kappa shape index (κ2) is 8.11. The summed E-state index contributed by atoms with van der Waals surface area (Å²) in [6.07, 6.45) is 2.49. The van der Waals surface area contributed by atoms with E-state index in [0.717, 1.165) is 27.8 Å². The fourth-order valence-corrected chi connectivity index (χ4v) is 3.85. The smallest absolute Gasteiger partial charge is 0.277 e.